The van der Waals surface area contributed by atoms with E-state index in [0.717, 1.165) is 11.1 Å². The number of nitrogens with zero attached hydrogens (tertiary/aromatic N) is 1. The first-order chi connectivity index (χ1) is 11.3. The van der Waals surface area contributed by atoms with Gasteiger partial charge in [-0.2, -0.15) is 0 Å². The monoisotopic (exact) mass is 308 g/mol. The van der Waals surface area contributed by atoms with Crippen LogP contribution in [0.5, 0.6) is 0 Å². The predicted octanol–water partition coefficient (Wildman–Crippen LogP) is 3.13. The average molecular weight is 308 g/mol. The number of carbonyl (C=O) groups is 1. The fourth-order valence-electron chi connectivity index (χ4n) is 2.20. The Morgan fingerprint density at radius 1 is 1.09 bits per heavy atom. The van der Waals surface area contributed by atoms with Crippen molar-refractivity contribution in [3.05, 3.63) is 72.0 Å². The van der Waals surface area contributed by atoms with Gasteiger partial charge in [0.1, 0.15) is 5.69 Å². The fourth-order valence-corrected chi connectivity index (χ4v) is 2.20. The van der Waals surface area contributed by atoms with E-state index < -0.39 is 0 Å². The van der Waals surface area contributed by atoms with Crippen LogP contribution in [0.4, 0.5) is 5.69 Å². The molecule has 1 heterocycles. The van der Waals surface area contributed by atoms with Gasteiger partial charge in [-0.1, -0.05) is 47.6 Å². The van der Waals surface area contributed by atoms with E-state index in [2.05, 4.69) is 10.5 Å². The van der Waals surface area contributed by atoms with Crippen molar-refractivity contribution >= 4 is 11.6 Å². The number of carbonyl (C=O) groups excluding carboxylic acids is 1. The van der Waals surface area contributed by atoms with Gasteiger partial charge in [0.15, 0.2) is 0 Å². The van der Waals surface area contributed by atoms with Gasteiger partial charge >= 0.3 is 0 Å². The number of aliphatic hydroxyl groups is 1. The smallest absolute Gasteiger partial charge is 0.294 e. The van der Waals surface area contributed by atoms with Crippen molar-refractivity contribution < 1.29 is 14.4 Å². The molecule has 0 saturated carbocycles. The molecular formula is C18H16N2O3. The Hall–Kier alpha value is -2.92. The van der Waals surface area contributed by atoms with Crippen LogP contribution < -0.4 is 5.32 Å². The molecule has 23 heavy (non-hydrogen) atoms. The molecular weight excluding hydrogens is 292 g/mol. The molecule has 5 nitrogen and oxygen atoms in total. The van der Waals surface area contributed by atoms with Gasteiger partial charge in [-0.05, 0) is 24.1 Å². The maximum absolute atomic E-state index is 12.2. The Kier molecular flexibility index (Phi) is 4.49. The van der Waals surface area contributed by atoms with Crippen molar-refractivity contribution in [2.45, 2.75) is 6.42 Å². The van der Waals surface area contributed by atoms with E-state index in [0.29, 0.717) is 17.8 Å². The van der Waals surface area contributed by atoms with Gasteiger partial charge < -0.3 is 14.9 Å². The summed E-state index contributed by atoms with van der Waals surface area (Å²) in [6, 6.07) is 18.4. The number of aliphatic hydroxyl groups excluding tert-OH is 1. The van der Waals surface area contributed by atoms with Crippen LogP contribution in [0.2, 0.25) is 0 Å². The second kappa shape index (κ2) is 6.89. The molecule has 0 aliphatic heterocycles. The number of hydrogen-bond donors (Lipinski definition) is 2. The lowest BCUT2D eigenvalue weighted by Gasteiger charge is -2.04. The maximum atomic E-state index is 12.2. The Balaban J connectivity index is 1.70. The number of aromatic nitrogens is 1. The van der Waals surface area contributed by atoms with Crippen LogP contribution >= 0.6 is 0 Å². The molecule has 2 N–H and O–H groups in total. The van der Waals surface area contributed by atoms with Crippen LogP contribution in [-0.4, -0.2) is 22.8 Å². The second-order valence-corrected chi connectivity index (χ2v) is 5.07. The van der Waals surface area contributed by atoms with Gasteiger partial charge in [-0.3, -0.25) is 4.79 Å². The highest BCUT2D eigenvalue weighted by atomic mass is 16.5. The van der Waals surface area contributed by atoms with Gasteiger partial charge in [0, 0.05) is 23.9 Å². The van der Waals surface area contributed by atoms with E-state index in [1.54, 1.807) is 18.2 Å². The van der Waals surface area contributed by atoms with E-state index in [4.69, 9.17) is 9.63 Å². The molecule has 2 aromatic carbocycles. The Morgan fingerprint density at radius 2 is 1.83 bits per heavy atom. The third kappa shape index (κ3) is 3.64. The average Bonchev–Trinajstić information content (AvgIpc) is 3.08. The normalized spacial score (nSPS) is 10.5. The molecule has 0 atom stereocenters. The zero-order valence-corrected chi connectivity index (χ0v) is 12.4. The topological polar surface area (TPSA) is 75.4 Å². The molecule has 116 valence electrons. The number of amides is 1. The summed E-state index contributed by atoms with van der Waals surface area (Å²) in [6.45, 7) is 0.103. The Morgan fingerprint density at radius 3 is 2.52 bits per heavy atom. The molecule has 0 radical (unpaired) electrons. The standard InChI is InChI=1S/C18H16N2O3/c21-11-10-13-6-8-15(9-7-13)19-18(22)17-12-16(20-23-17)14-4-2-1-3-5-14/h1-9,12,21H,10-11H2,(H,19,22). The van der Waals surface area contributed by atoms with Gasteiger partial charge in [0.05, 0.1) is 0 Å². The highest BCUT2D eigenvalue weighted by Gasteiger charge is 2.14. The number of benzene rings is 2. The van der Waals surface area contributed by atoms with Crippen LogP contribution in [0.1, 0.15) is 16.1 Å². The summed E-state index contributed by atoms with van der Waals surface area (Å²) < 4.78 is 5.12. The number of hydrogen-bond acceptors (Lipinski definition) is 4. The SMILES string of the molecule is O=C(Nc1ccc(CCO)cc1)c1cc(-c2ccccc2)no1. The first-order valence-electron chi connectivity index (χ1n) is 7.29. The van der Waals surface area contributed by atoms with Crippen LogP contribution in [0, 0.1) is 0 Å². The minimum absolute atomic E-state index is 0.103. The largest absolute Gasteiger partial charge is 0.396 e. The summed E-state index contributed by atoms with van der Waals surface area (Å²) in [6.07, 6.45) is 0.594. The van der Waals surface area contributed by atoms with Gasteiger partial charge in [-0.15, -0.1) is 0 Å². The minimum atomic E-state index is -0.352. The van der Waals surface area contributed by atoms with E-state index in [9.17, 15) is 4.79 Å². The van der Waals surface area contributed by atoms with Crippen LogP contribution in [0.25, 0.3) is 11.3 Å². The third-order valence-corrected chi connectivity index (χ3v) is 3.42. The zero-order valence-electron chi connectivity index (χ0n) is 12.4. The number of nitrogens with one attached hydrogen (secondary N) is 1. The molecule has 1 aromatic heterocycles. The fraction of sp³-hybridized carbons (Fsp3) is 0.111. The van der Waals surface area contributed by atoms with Gasteiger partial charge in [0.25, 0.3) is 5.91 Å². The predicted molar refractivity (Wildman–Crippen MR) is 87.1 cm³/mol. The zero-order chi connectivity index (χ0) is 16.1. The Bertz CT molecular complexity index is 780. The van der Waals surface area contributed by atoms with E-state index in [1.165, 1.54) is 0 Å². The maximum Gasteiger partial charge on any atom is 0.294 e. The first-order valence-corrected chi connectivity index (χ1v) is 7.29. The second-order valence-electron chi connectivity index (χ2n) is 5.07. The molecule has 0 bridgehead atoms. The first kappa shape index (κ1) is 15.0. The lowest BCUT2D eigenvalue weighted by atomic mass is 10.1. The van der Waals surface area contributed by atoms with Crippen LogP contribution in [0.15, 0.2) is 65.2 Å². The van der Waals surface area contributed by atoms with Gasteiger partial charge in [0.2, 0.25) is 5.76 Å². The number of anilines is 1. The van der Waals surface area contributed by atoms with Crippen molar-refractivity contribution in [3.8, 4) is 11.3 Å². The van der Waals surface area contributed by atoms with Crippen molar-refractivity contribution in [2.75, 3.05) is 11.9 Å². The summed E-state index contributed by atoms with van der Waals surface area (Å²) >= 11 is 0. The molecule has 5 heteroatoms. The summed E-state index contributed by atoms with van der Waals surface area (Å²) in [7, 11) is 0. The van der Waals surface area contributed by atoms with Crippen molar-refractivity contribution in [1.82, 2.24) is 5.16 Å². The summed E-state index contributed by atoms with van der Waals surface area (Å²) in [4.78, 5) is 12.2. The molecule has 0 aliphatic rings. The van der Waals surface area contributed by atoms with E-state index in [1.807, 2.05) is 42.5 Å². The molecule has 0 aliphatic carbocycles. The molecule has 0 fully saturated rings. The highest BCUT2D eigenvalue weighted by molar-refractivity contribution is 6.02. The van der Waals surface area contributed by atoms with Crippen LogP contribution in [-0.2, 0) is 6.42 Å². The molecule has 0 saturated heterocycles. The summed E-state index contributed by atoms with van der Waals surface area (Å²) in [5, 5.41) is 15.6. The van der Waals surface area contributed by atoms with Gasteiger partial charge in [-0.25, -0.2) is 0 Å². The summed E-state index contributed by atoms with van der Waals surface area (Å²) in [5.74, 6) is -0.196. The Labute approximate surface area is 133 Å². The molecule has 3 rings (SSSR count). The highest BCUT2D eigenvalue weighted by Crippen LogP contribution is 2.19. The van der Waals surface area contributed by atoms with E-state index in [-0.39, 0.29) is 18.3 Å². The quantitative estimate of drug-likeness (QED) is 0.759. The minimum Gasteiger partial charge on any atom is -0.396 e. The van der Waals surface area contributed by atoms with Crippen molar-refractivity contribution in [1.29, 1.82) is 0 Å². The lowest BCUT2D eigenvalue weighted by Crippen LogP contribution is -2.10. The molecule has 1 amide bonds. The van der Waals surface area contributed by atoms with Crippen molar-refractivity contribution in [3.63, 3.8) is 0 Å². The molecule has 0 unspecified atom stereocenters. The lowest BCUT2D eigenvalue weighted by molar-refractivity contribution is 0.0988. The van der Waals surface area contributed by atoms with E-state index >= 15 is 0 Å². The molecule has 3 aromatic rings. The van der Waals surface area contributed by atoms with Crippen molar-refractivity contribution in [2.24, 2.45) is 0 Å². The van der Waals surface area contributed by atoms with Crippen LogP contribution in [0.3, 0.4) is 0 Å². The molecule has 0 spiro atoms. The third-order valence-electron chi connectivity index (χ3n) is 3.42. The number of rotatable bonds is 5. The summed E-state index contributed by atoms with van der Waals surface area (Å²) in [5.41, 5.74) is 3.18.